The standard InChI is InChI=1S/C26H23NO5/c1-2-32-23(29)15-27-21-9-4-3-8-20(21)26(31,25(27)30)14-22(28)18-13-12-17-11-10-16-6-5-7-19(18)24(16)17/h3-9,12-13,31H,2,10-11,14-15H2,1H3. The number of anilines is 1. The first-order valence-electron chi connectivity index (χ1n) is 10.8. The Bertz CT molecular complexity index is 1270. The minimum absolute atomic E-state index is 0.191. The van der Waals surface area contributed by atoms with Gasteiger partial charge in [0, 0.05) is 11.1 Å². The lowest BCUT2D eigenvalue weighted by Gasteiger charge is -2.22. The van der Waals surface area contributed by atoms with E-state index in [4.69, 9.17) is 4.74 Å². The van der Waals surface area contributed by atoms with Crippen molar-refractivity contribution in [1.29, 1.82) is 0 Å². The summed E-state index contributed by atoms with van der Waals surface area (Å²) in [6, 6.07) is 16.4. The molecular formula is C26H23NO5. The summed E-state index contributed by atoms with van der Waals surface area (Å²) in [5.74, 6) is -1.57. The second kappa shape index (κ2) is 7.57. The Labute approximate surface area is 185 Å². The van der Waals surface area contributed by atoms with E-state index >= 15 is 0 Å². The predicted molar refractivity (Wildman–Crippen MR) is 120 cm³/mol. The number of aryl methyl sites for hydroxylation is 2. The minimum atomic E-state index is -2.04. The van der Waals surface area contributed by atoms with Gasteiger partial charge in [0.15, 0.2) is 11.4 Å². The molecule has 1 aliphatic heterocycles. The number of esters is 1. The Kier molecular flexibility index (Phi) is 4.82. The fourth-order valence-electron chi connectivity index (χ4n) is 4.99. The molecule has 1 amide bonds. The first-order valence-corrected chi connectivity index (χ1v) is 10.8. The van der Waals surface area contributed by atoms with Crippen molar-refractivity contribution in [2.75, 3.05) is 18.1 Å². The maximum atomic E-state index is 13.4. The molecule has 1 aliphatic carbocycles. The largest absolute Gasteiger partial charge is 0.465 e. The summed E-state index contributed by atoms with van der Waals surface area (Å²) in [7, 11) is 0. The number of ether oxygens (including phenoxy) is 1. The van der Waals surface area contributed by atoms with Gasteiger partial charge in [-0.15, -0.1) is 0 Å². The number of amides is 1. The molecule has 0 fully saturated rings. The Morgan fingerprint density at radius 2 is 1.78 bits per heavy atom. The molecule has 162 valence electrons. The first-order chi connectivity index (χ1) is 15.4. The molecule has 3 aromatic rings. The number of aliphatic hydroxyl groups is 1. The highest BCUT2D eigenvalue weighted by atomic mass is 16.5. The van der Waals surface area contributed by atoms with Crippen LogP contribution in [0.15, 0.2) is 54.6 Å². The molecule has 2 aliphatic rings. The molecule has 0 aromatic heterocycles. The van der Waals surface area contributed by atoms with E-state index in [0.29, 0.717) is 16.8 Å². The Morgan fingerprint density at radius 1 is 1.03 bits per heavy atom. The smallest absolute Gasteiger partial charge is 0.326 e. The lowest BCUT2D eigenvalue weighted by atomic mass is 9.86. The van der Waals surface area contributed by atoms with Gasteiger partial charge in [-0.2, -0.15) is 0 Å². The number of carbonyl (C=O) groups is 3. The van der Waals surface area contributed by atoms with Crippen molar-refractivity contribution in [3.05, 3.63) is 76.9 Å². The minimum Gasteiger partial charge on any atom is -0.465 e. The summed E-state index contributed by atoms with van der Waals surface area (Å²) in [5.41, 5.74) is 1.63. The highest BCUT2D eigenvalue weighted by Gasteiger charge is 2.51. The van der Waals surface area contributed by atoms with Crippen LogP contribution >= 0.6 is 0 Å². The van der Waals surface area contributed by atoms with Gasteiger partial charge in [0.05, 0.1) is 18.7 Å². The fraction of sp³-hybridized carbons (Fsp3) is 0.269. The molecule has 5 rings (SSSR count). The van der Waals surface area contributed by atoms with Crippen molar-refractivity contribution in [2.45, 2.75) is 31.8 Å². The Balaban J connectivity index is 1.52. The van der Waals surface area contributed by atoms with Crippen LogP contribution in [0.2, 0.25) is 0 Å². The second-order valence-electron chi connectivity index (χ2n) is 8.29. The summed E-state index contributed by atoms with van der Waals surface area (Å²) < 4.78 is 4.98. The van der Waals surface area contributed by atoms with Crippen LogP contribution in [0.4, 0.5) is 5.69 Å². The van der Waals surface area contributed by atoms with Crippen molar-refractivity contribution in [3.8, 4) is 0 Å². The molecule has 1 atom stereocenters. The van der Waals surface area contributed by atoms with Gasteiger partial charge >= 0.3 is 5.97 Å². The Morgan fingerprint density at radius 3 is 2.56 bits per heavy atom. The normalized spacial score (nSPS) is 18.8. The van der Waals surface area contributed by atoms with Gasteiger partial charge < -0.3 is 9.84 Å². The maximum Gasteiger partial charge on any atom is 0.326 e. The molecule has 0 saturated carbocycles. The summed E-state index contributed by atoms with van der Waals surface area (Å²) in [6.45, 7) is 1.56. The van der Waals surface area contributed by atoms with Crippen LogP contribution < -0.4 is 4.90 Å². The number of hydrogen-bond acceptors (Lipinski definition) is 5. The van der Waals surface area contributed by atoms with Gasteiger partial charge in [-0.1, -0.05) is 48.5 Å². The van der Waals surface area contributed by atoms with Gasteiger partial charge in [0.1, 0.15) is 6.54 Å². The van der Waals surface area contributed by atoms with Crippen LogP contribution in [0.5, 0.6) is 0 Å². The van der Waals surface area contributed by atoms with Gasteiger partial charge in [-0.05, 0) is 47.7 Å². The molecule has 6 heteroatoms. The van der Waals surface area contributed by atoms with Gasteiger partial charge in [-0.3, -0.25) is 19.3 Å². The maximum absolute atomic E-state index is 13.4. The van der Waals surface area contributed by atoms with Crippen LogP contribution in [0.3, 0.4) is 0 Å². The molecule has 0 bridgehead atoms. The van der Waals surface area contributed by atoms with E-state index in [9.17, 15) is 19.5 Å². The van der Waals surface area contributed by atoms with E-state index in [-0.39, 0.29) is 18.9 Å². The van der Waals surface area contributed by atoms with Crippen molar-refractivity contribution >= 4 is 34.1 Å². The van der Waals surface area contributed by atoms with Crippen LogP contribution in [0, 0.1) is 0 Å². The third kappa shape index (κ3) is 3.02. The number of carbonyl (C=O) groups excluding carboxylic acids is 3. The van der Waals surface area contributed by atoms with E-state index in [1.54, 1.807) is 37.3 Å². The predicted octanol–water partition coefficient (Wildman–Crippen LogP) is 3.31. The number of Topliss-reactive ketones (excluding diaryl/α,β-unsaturated/α-hetero) is 1. The molecule has 1 N–H and O–H groups in total. The quantitative estimate of drug-likeness (QED) is 0.480. The monoisotopic (exact) mass is 429 g/mol. The highest BCUT2D eigenvalue weighted by Crippen LogP contribution is 2.43. The average Bonchev–Trinajstić information content (AvgIpc) is 3.29. The first kappa shape index (κ1) is 20.4. The summed E-state index contributed by atoms with van der Waals surface area (Å²) in [5, 5.41) is 13.4. The summed E-state index contributed by atoms with van der Waals surface area (Å²) in [4.78, 5) is 40.0. The molecule has 6 nitrogen and oxygen atoms in total. The van der Waals surface area contributed by atoms with E-state index < -0.39 is 23.9 Å². The molecule has 0 spiro atoms. The molecule has 0 radical (unpaired) electrons. The zero-order valence-electron chi connectivity index (χ0n) is 17.8. The Hall–Kier alpha value is -3.51. The van der Waals surface area contributed by atoms with Crippen LogP contribution in [0.1, 0.15) is 40.4 Å². The lowest BCUT2D eigenvalue weighted by Crippen LogP contribution is -2.44. The number of ketones is 1. The molecule has 1 unspecified atom stereocenters. The zero-order valence-corrected chi connectivity index (χ0v) is 17.8. The fourth-order valence-corrected chi connectivity index (χ4v) is 4.99. The van der Waals surface area contributed by atoms with E-state index in [1.807, 2.05) is 18.2 Å². The SMILES string of the molecule is CCOC(=O)CN1C(=O)C(O)(CC(=O)c2ccc3c4c(cccc24)CC3)c2ccccc21. The van der Waals surface area contributed by atoms with Gasteiger partial charge in [0.2, 0.25) is 0 Å². The summed E-state index contributed by atoms with van der Waals surface area (Å²) >= 11 is 0. The van der Waals surface area contributed by atoms with Gasteiger partial charge in [-0.25, -0.2) is 0 Å². The summed E-state index contributed by atoms with van der Waals surface area (Å²) in [6.07, 6.45) is 1.49. The number of rotatable bonds is 6. The molecular weight excluding hydrogens is 406 g/mol. The average molecular weight is 429 g/mol. The zero-order chi connectivity index (χ0) is 22.5. The van der Waals surface area contributed by atoms with Crippen molar-refractivity contribution < 1.29 is 24.2 Å². The third-order valence-electron chi connectivity index (χ3n) is 6.43. The van der Waals surface area contributed by atoms with Gasteiger partial charge in [0.25, 0.3) is 5.91 Å². The number of para-hydroxylation sites is 1. The lowest BCUT2D eigenvalue weighted by molar-refractivity contribution is -0.144. The molecule has 3 aromatic carbocycles. The van der Waals surface area contributed by atoms with E-state index in [1.165, 1.54) is 16.0 Å². The molecule has 0 saturated heterocycles. The molecule has 1 heterocycles. The topological polar surface area (TPSA) is 83.9 Å². The number of hydrogen-bond donors (Lipinski definition) is 1. The highest BCUT2D eigenvalue weighted by molar-refractivity contribution is 6.15. The van der Waals surface area contributed by atoms with Crippen molar-refractivity contribution in [2.24, 2.45) is 0 Å². The van der Waals surface area contributed by atoms with Crippen LogP contribution in [0.25, 0.3) is 10.8 Å². The van der Waals surface area contributed by atoms with Crippen LogP contribution in [-0.2, 0) is 32.8 Å². The third-order valence-corrected chi connectivity index (χ3v) is 6.43. The van der Waals surface area contributed by atoms with E-state index in [0.717, 1.165) is 23.6 Å². The number of benzene rings is 3. The second-order valence-corrected chi connectivity index (χ2v) is 8.29. The number of nitrogens with zero attached hydrogens (tertiary/aromatic N) is 1. The number of fused-ring (bicyclic) bond motifs is 1. The van der Waals surface area contributed by atoms with E-state index in [2.05, 4.69) is 6.07 Å². The van der Waals surface area contributed by atoms with Crippen LogP contribution in [-0.4, -0.2) is 35.9 Å². The van der Waals surface area contributed by atoms with Crippen molar-refractivity contribution in [3.63, 3.8) is 0 Å². The van der Waals surface area contributed by atoms with Crippen molar-refractivity contribution in [1.82, 2.24) is 0 Å². The molecule has 32 heavy (non-hydrogen) atoms.